The molecule has 0 unspecified atom stereocenters. The number of ether oxygens (including phenoxy) is 1. The molecule has 5 aromatic rings. The van der Waals surface area contributed by atoms with Crippen LogP contribution in [0.3, 0.4) is 0 Å². The summed E-state index contributed by atoms with van der Waals surface area (Å²) < 4.78 is 6.86. The SMILES string of the molecule is COc1ccc(NC(=O)c2ccc(C)c(Nc3nc(-c4cccnc4)nc4c3cnn4C)c2)cc1Cl. The van der Waals surface area contributed by atoms with E-state index in [2.05, 4.69) is 25.7 Å². The highest BCUT2D eigenvalue weighted by molar-refractivity contribution is 6.32. The number of amides is 1. The van der Waals surface area contributed by atoms with Gasteiger partial charge in [0.15, 0.2) is 11.5 Å². The van der Waals surface area contributed by atoms with Crippen molar-refractivity contribution in [1.29, 1.82) is 0 Å². The minimum atomic E-state index is -0.274. The summed E-state index contributed by atoms with van der Waals surface area (Å²) in [6, 6.07) is 14.2. The molecule has 0 atom stereocenters. The minimum Gasteiger partial charge on any atom is -0.495 e. The average molecular weight is 500 g/mol. The Morgan fingerprint density at radius 1 is 1.08 bits per heavy atom. The lowest BCUT2D eigenvalue weighted by Crippen LogP contribution is -2.12. The van der Waals surface area contributed by atoms with Crippen LogP contribution in [0.5, 0.6) is 5.75 Å². The monoisotopic (exact) mass is 499 g/mol. The number of aryl methyl sites for hydroxylation is 2. The zero-order valence-corrected chi connectivity index (χ0v) is 20.5. The number of anilines is 3. The number of carbonyl (C=O) groups is 1. The first-order valence-corrected chi connectivity index (χ1v) is 11.4. The van der Waals surface area contributed by atoms with Crippen LogP contribution in [0.25, 0.3) is 22.4 Å². The third-order valence-corrected chi connectivity index (χ3v) is 5.97. The van der Waals surface area contributed by atoms with E-state index in [4.69, 9.17) is 21.3 Å². The van der Waals surface area contributed by atoms with Crippen molar-refractivity contribution in [2.75, 3.05) is 17.7 Å². The van der Waals surface area contributed by atoms with Gasteiger partial charge < -0.3 is 15.4 Å². The molecule has 0 fully saturated rings. The summed E-state index contributed by atoms with van der Waals surface area (Å²) in [7, 11) is 3.37. The van der Waals surface area contributed by atoms with Crippen molar-refractivity contribution in [2.24, 2.45) is 7.05 Å². The molecule has 0 radical (unpaired) electrons. The van der Waals surface area contributed by atoms with E-state index in [1.807, 2.05) is 32.2 Å². The van der Waals surface area contributed by atoms with E-state index in [-0.39, 0.29) is 5.91 Å². The van der Waals surface area contributed by atoms with Gasteiger partial charge in [-0.05, 0) is 55.0 Å². The predicted octanol–water partition coefficient (Wildman–Crippen LogP) is 5.39. The number of hydrogen-bond donors (Lipinski definition) is 2. The number of halogens is 1. The van der Waals surface area contributed by atoms with Crippen molar-refractivity contribution in [1.82, 2.24) is 24.7 Å². The molecule has 0 aliphatic carbocycles. The number of pyridine rings is 1. The van der Waals surface area contributed by atoms with Crippen LogP contribution in [0.1, 0.15) is 15.9 Å². The molecule has 0 saturated carbocycles. The van der Waals surface area contributed by atoms with E-state index in [9.17, 15) is 4.79 Å². The standard InChI is InChI=1S/C26H22ClN7O2/c1-15-6-7-16(26(35)30-18-8-9-22(36-3)20(27)12-18)11-21(15)31-24-19-14-29-34(2)25(19)33-23(32-24)17-5-4-10-28-13-17/h4-14H,1-3H3,(H,30,35)(H,31,32,33). The number of rotatable bonds is 6. The zero-order chi connectivity index (χ0) is 25.2. The molecular weight excluding hydrogens is 478 g/mol. The predicted molar refractivity (Wildman–Crippen MR) is 140 cm³/mol. The van der Waals surface area contributed by atoms with Gasteiger partial charge in [0.25, 0.3) is 5.91 Å². The van der Waals surface area contributed by atoms with Crippen molar-refractivity contribution < 1.29 is 9.53 Å². The third-order valence-electron chi connectivity index (χ3n) is 5.67. The van der Waals surface area contributed by atoms with E-state index < -0.39 is 0 Å². The summed E-state index contributed by atoms with van der Waals surface area (Å²) >= 11 is 6.19. The van der Waals surface area contributed by atoms with Gasteiger partial charge in [-0.15, -0.1) is 0 Å². The van der Waals surface area contributed by atoms with Gasteiger partial charge in [0.1, 0.15) is 11.6 Å². The second-order valence-electron chi connectivity index (χ2n) is 8.10. The fourth-order valence-corrected chi connectivity index (χ4v) is 3.97. The van der Waals surface area contributed by atoms with Crippen molar-refractivity contribution >= 4 is 45.7 Å². The molecule has 1 amide bonds. The molecule has 0 saturated heterocycles. The molecule has 0 aliphatic heterocycles. The van der Waals surface area contributed by atoms with Crippen LogP contribution in [0.15, 0.2) is 67.1 Å². The Bertz CT molecular complexity index is 1580. The van der Waals surface area contributed by atoms with E-state index >= 15 is 0 Å². The summed E-state index contributed by atoms with van der Waals surface area (Å²) in [5, 5.41) is 11.8. The quantitative estimate of drug-likeness (QED) is 0.322. The van der Waals surface area contributed by atoms with Crippen LogP contribution < -0.4 is 15.4 Å². The molecule has 5 rings (SSSR count). The van der Waals surface area contributed by atoms with Gasteiger partial charge in [-0.1, -0.05) is 17.7 Å². The molecular formula is C26H22ClN7O2. The highest BCUT2D eigenvalue weighted by atomic mass is 35.5. The summed E-state index contributed by atoms with van der Waals surface area (Å²) in [5.41, 5.74) is 4.17. The van der Waals surface area contributed by atoms with Gasteiger partial charge in [0, 0.05) is 41.9 Å². The summed E-state index contributed by atoms with van der Waals surface area (Å²) in [5.74, 6) is 1.36. The fourth-order valence-electron chi connectivity index (χ4n) is 3.71. The number of hydrogen-bond acceptors (Lipinski definition) is 7. The molecule has 0 bridgehead atoms. The molecule has 180 valence electrons. The van der Waals surface area contributed by atoms with Gasteiger partial charge in [0.05, 0.1) is 23.7 Å². The van der Waals surface area contributed by atoms with E-state index in [1.54, 1.807) is 53.6 Å². The summed E-state index contributed by atoms with van der Waals surface area (Å²) in [6.45, 7) is 1.96. The van der Waals surface area contributed by atoms with Crippen molar-refractivity contribution in [3.05, 3.63) is 83.3 Å². The molecule has 3 aromatic heterocycles. The maximum Gasteiger partial charge on any atom is 0.255 e. The number of benzene rings is 2. The Morgan fingerprint density at radius 3 is 2.69 bits per heavy atom. The van der Waals surface area contributed by atoms with Crippen molar-refractivity contribution in [2.45, 2.75) is 6.92 Å². The van der Waals surface area contributed by atoms with Crippen LogP contribution >= 0.6 is 11.6 Å². The van der Waals surface area contributed by atoms with Crippen LogP contribution in [-0.2, 0) is 7.05 Å². The third kappa shape index (κ3) is 4.56. The largest absolute Gasteiger partial charge is 0.495 e. The van der Waals surface area contributed by atoms with Crippen molar-refractivity contribution in [3.63, 3.8) is 0 Å². The zero-order valence-electron chi connectivity index (χ0n) is 19.8. The molecule has 0 spiro atoms. The van der Waals surface area contributed by atoms with Crippen LogP contribution in [0, 0.1) is 6.92 Å². The number of carbonyl (C=O) groups excluding carboxylic acids is 1. The lowest BCUT2D eigenvalue weighted by Gasteiger charge is -2.13. The Labute approximate surface area is 212 Å². The Balaban J connectivity index is 1.47. The Morgan fingerprint density at radius 2 is 1.94 bits per heavy atom. The van der Waals surface area contributed by atoms with Gasteiger partial charge in [-0.3, -0.25) is 14.5 Å². The normalized spacial score (nSPS) is 10.9. The van der Waals surface area contributed by atoms with E-state index in [0.717, 1.165) is 22.2 Å². The smallest absolute Gasteiger partial charge is 0.255 e. The average Bonchev–Trinajstić information content (AvgIpc) is 3.26. The van der Waals surface area contributed by atoms with Gasteiger partial charge in [-0.25, -0.2) is 9.97 Å². The molecule has 10 heteroatoms. The first-order chi connectivity index (χ1) is 17.4. The summed E-state index contributed by atoms with van der Waals surface area (Å²) in [6.07, 6.45) is 5.12. The number of nitrogens with zero attached hydrogens (tertiary/aromatic N) is 5. The number of aromatic nitrogens is 5. The molecule has 36 heavy (non-hydrogen) atoms. The number of nitrogens with one attached hydrogen (secondary N) is 2. The molecule has 0 aliphatic rings. The van der Waals surface area contributed by atoms with Crippen LogP contribution in [-0.4, -0.2) is 37.7 Å². The topological polar surface area (TPSA) is 107 Å². The lowest BCUT2D eigenvalue weighted by molar-refractivity contribution is 0.102. The highest BCUT2D eigenvalue weighted by Crippen LogP contribution is 2.30. The first kappa shape index (κ1) is 23.3. The Kier molecular flexibility index (Phi) is 6.22. The fraction of sp³-hybridized carbons (Fsp3) is 0.115. The molecule has 2 aromatic carbocycles. The highest BCUT2D eigenvalue weighted by Gasteiger charge is 2.16. The van der Waals surface area contributed by atoms with Crippen LogP contribution in [0.2, 0.25) is 5.02 Å². The van der Waals surface area contributed by atoms with E-state index in [0.29, 0.717) is 39.3 Å². The maximum atomic E-state index is 13.0. The molecule has 2 N–H and O–H groups in total. The van der Waals surface area contributed by atoms with Crippen molar-refractivity contribution in [3.8, 4) is 17.1 Å². The van der Waals surface area contributed by atoms with Gasteiger partial charge in [-0.2, -0.15) is 5.10 Å². The van der Waals surface area contributed by atoms with Gasteiger partial charge >= 0.3 is 0 Å². The Hall–Kier alpha value is -4.50. The minimum absolute atomic E-state index is 0.274. The number of methoxy groups -OCH3 is 1. The second-order valence-corrected chi connectivity index (χ2v) is 8.51. The lowest BCUT2D eigenvalue weighted by atomic mass is 10.1. The van der Waals surface area contributed by atoms with Gasteiger partial charge in [0.2, 0.25) is 0 Å². The number of fused-ring (bicyclic) bond motifs is 1. The molecule has 3 heterocycles. The first-order valence-electron chi connectivity index (χ1n) is 11.1. The van der Waals surface area contributed by atoms with E-state index in [1.165, 1.54) is 7.11 Å². The summed E-state index contributed by atoms with van der Waals surface area (Å²) in [4.78, 5) is 26.6. The van der Waals surface area contributed by atoms with Crippen LogP contribution in [0.4, 0.5) is 17.2 Å². The maximum absolute atomic E-state index is 13.0. The second kappa shape index (κ2) is 9.63. The molecule has 9 nitrogen and oxygen atoms in total.